The summed E-state index contributed by atoms with van der Waals surface area (Å²) in [7, 11) is 2.11. The van der Waals surface area contributed by atoms with Crippen molar-refractivity contribution in [1.82, 2.24) is 4.90 Å². The van der Waals surface area contributed by atoms with Gasteiger partial charge in [-0.25, -0.2) is 0 Å². The van der Waals surface area contributed by atoms with Crippen LogP contribution in [0.3, 0.4) is 0 Å². The van der Waals surface area contributed by atoms with Gasteiger partial charge in [0.1, 0.15) is 0 Å². The Labute approximate surface area is 77.5 Å². The number of allylic oxidation sites excluding steroid dienone is 1. The molecule has 0 rings (SSSR count). The summed E-state index contributed by atoms with van der Waals surface area (Å²) in [4.78, 5) is 2.24. The molecule has 0 atom stereocenters. The molecule has 0 saturated carbocycles. The van der Waals surface area contributed by atoms with Crippen LogP contribution in [0.15, 0.2) is 12.3 Å². The third-order valence-corrected chi connectivity index (χ3v) is 2.01. The average Bonchev–Trinajstić information content (AvgIpc) is 1.82. The Balaban J connectivity index is 4.05. The zero-order chi connectivity index (χ0) is 9.94. The molecule has 0 aromatic rings. The monoisotopic (exact) mass is 169 g/mol. The average molecular weight is 169 g/mol. The molecule has 0 aliphatic carbocycles. The van der Waals surface area contributed by atoms with Crippen LogP contribution in [-0.4, -0.2) is 18.0 Å². The molecule has 1 heteroatoms. The largest absolute Gasteiger partial charge is 0.376 e. The minimum Gasteiger partial charge on any atom is -0.376 e. The third-order valence-electron chi connectivity index (χ3n) is 2.01. The Morgan fingerprint density at radius 1 is 1.33 bits per heavy atom. The van der Waals surface area contributed by atoms with Gasteiger partial charge in [0.05, 0.1) is 0 Å². The molecule has 0 aliphatic heterocycles. The molecule has 0 aromatic carbocycles. The standard InChI is InChI=1S/C11H23N/c1-9(2)12(7)10(3)8-11(4,5)6/h9H,3,8H2,1-2,4-7H3. The van der Waals surface area contributed by atoms with Crippen LogP contribution < -0.4 is 0 Å². The van der Waals surface area contributed by atoms with Crippen LogP contribution in [0.5, 0.6) is 0 Å². The van der Waals surface area contributed by atoms with E-state index in [1.807, 2.05) is 0 Å². The molecular weight excluding hydrogens is 146 g/mol. The van der Waals surface area contributed by atoms with Crippen LogP contribution in [-0.2, 0) is 0 Å². The van der Waals surface area contributed by atoms with Crippen molar-refractivity contribution in [1.29, 1.82) is 0 Å². The molecule has 12 heavy (non-hydrogen) atoms. The van der Waals surface area contributed by atoms with Crippen molar-refractivity contribution >= 4 is 0 Å². The van der Waals surface area contributed by atoms with Crippen LogP contribution >= 0.6 is 0 Å². The lowest BCUT2D eigenvalue weighted by Gasteiger charge is -2.30. The fourth-order valence-corrected chi connectivity index (χ4v) is 1.10. The number of hydrogen-bond acceptors (Lipinski definition) is 1. The van der Waals surface area contributed by atoms with Gasteiger partial charge in [0.2, 0.25) is 0 Å². The Bertz CT molecular complexity index is 151. The van der Waals surface area contributed by atoms with Crippen LogP contribution in [0.1, 0.15) is 41.0 Å². The molecule has 0 fully saturated rings. The van der Waals surface area contributed by atoms with Gasteiger partial charge in [-0.05, 0) is 25.7 Å². The molecular formula is C11H23N. The van der Waals surface area contributed by atoms with Gasteiger partial charge in [0, 0.05) is 18.8 Å². The fraction of sp³-hybridized carbons (Fsp3) is 0.818. The van der Waals surface area contributed by atoms with Gasteiger partial charge in [-0.2, -0.15) is 0 Å². The summed E-state index contributed by atoms with van der Waals surface area (Å²) in [5.74, 6) is 0. The van der Waals surface area contributed by atoms with Crippen LogP contribution in [0.4, 0.5) is 0 Å². The first-order chi connectivity index (χ1) is 5.24. The maximum atomic E-state index is 4.09. The van der Waals surface area contributed by atoms with Crippen molar-refractivity contribution in [3.8, 4) is 0 Å². The summed E-state index contributed by atoms with van der Waals surface area (Å²) in [6, 6.07) is 0.555. The molecule has 0 bridgehead atoms. The van der Waals surface area contributed by atoms with Crippen molar-refractivity contribution in [2.45, 2.75) is 47.1 Å². The van der Waals surface area contributed by atoms with Gasteiger partial charge >= 0.3 is 0 Å². The van der Waals surface area contributed by atoms with E-state index in [0.717, 1.165) is 6.42 Å². The molecule has 0 aliphatic rings. The van der Waals surface area contributed by atoms with E-state index in [2.05, 4.69) is 53.1 Å². The summed E-state index contributed by atoms with van der Waals surface area (Å²) >= 11 is 0. The second-order valence-electron chi connectivity index (χ2n) is 5.01. The van der Waals surface area contributed by atoms with Gasteiger partial charge in [0.25, 0.3) is 0 Å². The summed E-state index contributed by atoms with van der Waals surface area (Å²) in [5, 5.41) is 0. The molecule has 0 aromatic heterocycles. The molecule has 1 nitrogen and oxygen atoms in total. The Kier molecular flexibility index (Phi) is 3.82. The highest BCUT2D eigenvalue weighted by Crippen LogP contribution is 2.25. The van der Waals surface area contributed by atoms with E-state index in [0.29, 0.717) is 11.5 Å². The predicted octanol–water partition coefficient (Wildman–Crippen LogP) is 3.28. The quantitative estimate of drug-likeness (QED) is 0.626. The lowest BCUT2D eigenvalue weighted by molar-refractivity contribution is 0.290. The molecule has 0 unspecified atom stereocenters. The van der Waals surface area contributed by atoms with E-state index in [9.17, 15) is 0 Å². The number of hydrogen-bond donors (Lipinski definition) is 0. The molecule has 0 spiro atoms. The molecule has 0 radical (unpaired) electrons. The maximum Gasteiger partial charge on any atom is 0.0226 e. The summed E-state index contributed by atoms with van der Waals surface area (Å²) in [5.41, 5.74) is 1.58. The van der Waals surface area contributed by atoms with E-state index in [1.54, 1.807) is 0 Å². The second kappa shape index (κ2) is 3.97. The molecule has 0 saturated heterocycles. The first-order valence-electron chi connectivity index (χ1n) is 4.64. The summed E-state index contributed by atoms with van der Waals surface area (Å²) in [6.07, 6.45) is 1.07. The molecule has 72 valence electrons. The first-order valence-corrected chi connectivity index (χ1v) is 4.64. The van der Waals surface area contributed by atoms with Crippen molar-refractivity contribution in [2.24, 2.45) is 5.41 Å². The van der Waals surface area contributed by atoms with E-state index in [1.165, 1.54) is 5.70 Å². The predicted molar refractivity (Wildman–Crippen MR) is 56.1 cm³/mol. The Morgan fingerprint density at radius 2 is 1.75 bits per heavy atom. The van der Waals surface area contributed by atoms with E-state index < -0.39 is 0 Å². The second-order valence-corrected chi connectivity index (χ2v) is 5.01. The molecule has 0 amide bonds. The van der Waals surface area contributed by atoms with Gasteiger partial charge in [-0.15, -0.1) is 0 Å². The zero-order valence-corrected chi connectivity index (χ0v) is 9.44. The van der Waals surface area contributed by atoms with Crippen molar-refractivity contribution in [2.75, 3.05) is 7.05 Å². The summed E-state index contributed by atoms with van der Waals surface area (Å²) in [6.45, 7) is 15.2. The third kappa shape index (κ3) is 4.42. The number of rotatable bonds is 3. The Hall–Kier alpha value is -0.460. The van der Waals surface area contributed by atoms with Crippen LogP contribution in [0.25, 0.3) is 0 Å². The normalized spacial score (nSPS) is 11.9. The topological polar surface area (TPSA) is 3.24 Å². The molecule has 0 N–H and O–H groups in total. The highest BCUT2D eigenvalue weighted by atomic mass is 15.1. The van der Waals surface area contributed by atoms with Gasteiger partial charge < -0.3 is 4.90 Å². The smallest absolute Gasteiger partial charge is 0.0226 e. The highest BCUT2D eigenvalue weighted by molar-refractivity contribution is 4.97. The Morgan fingerprint density at radius 3 is 2.00 bits per heavy atom. The summed E-state index contributed by atoms with van der Waals surface area (Å²) < 4.78 is 0. The number of nitrogens with zero attached hydrogens (tertiary/aromatic N) is 1. The van der Waals surface area contributed by atoms with Gasteiger partial charge in [0.15, 0.2) is 0 Å². The van der Waals surface area contributed by atoms with Crippen molar-refractivity contribution < 1.29 is 0 Å². The first kappa shape index (κ1) is 11.5. The molecule has 0 heterocycles. The van der Waals surface area contributed by atoms with Crippen molar-refractivity contribution in [3.63, 3.8) is 0 Å². The van der Waals surface area contributed by atoms with E-state index in [-0.39, 0.29) is 0 Å². The lowest BCUT2D eigenvalue weighted by Crippen LogP contribution is -2.27. The van der Waals surface area contributed by atoms with Crippen molar-refractivity contribution in [3.05, 3.63) is 12.3 Å². The fourth-order valence-electron chi connectivity index (χ4n) is 1.10. The SMILES string of the molecule is C=C(CC(C)(C)C)N(C)C(C)C. The van der Waals surface area contributed by atoms with Crippen LogP contribution in [0.2, 0.25) is 0 Å². The minimum atomic E-state index is 0.347. The lowest BCUT2D eigenvalue weighted by atomic mass is 9.90. The van der Waals surface area contributed by atoms with Crippen LogP contribution in [0, 0.1) is 5.41 Å². The van der Waals surface area contributed by atoms with E-state index >= 15 is 0 Å². The van der Waals surface area contributed by atoms with Gasteiger partial charge in [-0.1, -0.05) is 27.4 Å². The van der Waals surface area contributed by atoms with E-state index in [4.69, 9.17) is 0 Å². The van der Waals surface area contributed by atoms with Gasteiger partial charge in [-0.3, -0.25) is 0 Å². The maximum absolute atomic E-state index is 4.09. The minimum absolute atomic E-state index is 0.347. The zero-order valence-electron chi connectivity index (χ0n) is 9.44. The highest BCUT2D eigenvalue weighted by Gasteiger charge is 2.15.